The maximum absolute atomic E-state index is 11.6. The summed E-state index contributed by atoms with van der Waals surface area (Å²) in [6.45, 7) is 7.37. The first kappa shape index (κ1) is 19.3. The zero-order valence-electron chi connectivity index (χ0n) is 12.8. The molecule has 0 fully saturated rings. The fraction of sp³-hybridized carbons (Fsp3) is 0.917. The quantitative estimate of drug-likeness (QED) is 0.600. The summed E-state index contributed by atoms with van der Waals surface area (Å²) in [7, 11) is -3.31. The molecule has 2 N–H and O–H groups in total. The van der Waals surface area contributed by atoms with Crippen molar-refractivity contribution in [1.82, 2.24) is 4.31 Å². The molecule has 0 rings (SSSR count). The Morgan fingerprint density at radius 3 is 2.20 bits per heavy atom. The van der Waals surface area contributed by atoms with E-state index in [0.29, 0.717) is 6.54 Å². The highest BCUT2D eigenvalue weighted by molar-refractivity contribution is 7.88. The minimum atomic E-state index is -3.31. The molecule has 0 aliphatic heterocycles. The fourth-order valence-electron chi connectivity index (χ4n) is 1.55. The van der Waals surface area contributed by atoms with Crippen molar-refractivity contribution in [2.45, 2.75) is 45.9 Å². The van der Waals surface area contributed by atoms with Crippen LogP contribution in [0.3, 0.4) is 0 Å². The number of carbonyl (C=O) groups excluding carboxylic acids is 1. The predicted octanol–water partition coefficient (Wildman–Crippen LogP) is -0.0481. The van der Waals surface area contributed by atoms with Crippen LogP contribution in [0.25, 0.3) is 0 Å². The fourth-order valence-corrected chi connectivity index (χ4v) is 2.46. The standard InChI is InChI=1S/C12H26N2O5S/c1-6-14(20(5,16)17)7-11(19-9(2)3)8-18-12(15)10(4)13/h9-11H,6-8,13H2,1-5H3/t10-,11+/m1/s1. The van der Waals surface area contributed by atoms with Crippen molar-refractivity contribution in [2.24, 2.45) is 5.73 Å². The van der Waals surface area contributed by atoms with Crippen LogP contribution < -0.4 is 5.73 Å². The molecule has 0 bridgehead atoms. The van der Waals surface area contributed by atoms with Crippen molar-refractivity contribution in [3.05, 3.63) is 0 Å². The summed E-state index contributed by atoms with van der Waals surface area (Å²) < 4.78 is 35.0. The van der Waals surface area contributed by atoms with Gasteiger partial charge in [-0.25, -0.2) is 8.42 Å². The number of esters is 1. The third-order valence-corrected chi connectivity index (χ3v) is 3.82. The van der Waals surface area contributed by atoms with Crippen molar-refractivity contribution in [2.75, 3.05) is 26.0 Å². The molecule has 8 heteroatoms. The maximum Gasteiger partial charge on any atom is 0.322 e. The zero-order chi connectivity index (χ0) is 15.9. The van der Waals surface area contributed by atoms with Gasteiger partial charge in [-0.15, -0.1) is 0 Å². The van der Waals surface area contributed by atoms with Gasteiger partial charge in [-0.3, -0.25) is 4.79 Å². The third-order valence-electron chi connectivity index (χ3n) is 2.48. The lowest BCUT2D eigenvalue weighted by molar-refractivity contribution is -0.150. The third kappa shape index (κ3) is 7.78. The Morgan fingerprint density at radius 2 is 1.85 bits per heavy atom. The second-order valence-corrected chi connectivity index (χ2v) is 6.92. The average molecular weight is 310 g/mol. The Hall–Kier alpha value is -0.700. The lowest BCUT2D eigenvalue weighted by atomic mass is 10.3. The van der Waals surface area contributed by atoms with E-state index in [9.17, 15) is 13.2 Å². The topological polar surface area (TPSA) is 98.9 Å². The molecule has 0 aliphatic carbocycles. The molecule has 2 atom stereocenters. The molecular weight excluding hydrogens is 284 g/mol. The molecule has 120 valence electrons. The highest BCUT2D eigenvalue weighted by Crippen LogP contribution is 2.06. The van der Waals surface area contributed by atoms with Gasteiger partial charge in [0.25, 0.3) is 0 Å². The molecule has 0 saturated heterocycles. The second-order valence-electron chi connectivity index (χ2n) is 4.94. The van der Waals surface area contributed by atoms with Gasteiger partial charge >= 0.3 is 5.97 Å². The van der Waals surface area contributed by atoms with Crippen molar-refractivity contribution in [1.29, 1.82) is 0 Å². The number of likely N-dealkylation sites (N-methyl/N-ethyl adjacent to an activating group) is 1. The van der Waals surface area contributed by atoms with E-state index < -0.39 is 28.1 Å². The van der Waals surface area contributed by atoms with E-state index in [-0.39, 0.29) is 19.3 Å². The van der Waals surface area contributed by atoms with Crippen molar-refractivity contribution in [3.63, 3.8) is 0 Å². The molecule has 0 unspecified atom stereocenters. The summed E-state index contributed by atoms with van der Waals surface area (Å²) >= 11 is 0. The van der Waals surface area contributed by atoms with Crippen LogP contribution in [0.5, 0.6) is 0 Å². The smallest absolute Gasteiger partial charge is 0.322 e. The monoisotopic (exact) mass is 310 g/mol. The van der Waals surface area contributed by atoms with Crippen molar-refractivity contribution < 1.29 is 22.7 Å². The highest BCUT2D eigenvalue weighted by Gasteiger charge is 2.23. The molecule has 0 aromatic carbocycles. The Balaban J connectivity index is 4.67. The van der Waals surface area contributed by atoms with Gasteiger partial charge in [-0.05, 0) is 20.8 Å². The van der Waals surface area contributed by atoms with Gasteiger partial charge in [0.05, 0.1) is 12.4 Å². The van der Waals surface area contributed by atoms with Gasteiger partial charge in [0, 0.05) is 13.1 Å². The molecule has 0 radical (unpaired) electrons. The number of nitrogens with zero attached hydrogens (tertiary/aromatic N) is 1. The molecule has 20 heavy (non-hydrogen) atoms. The highest BCUT2D eigenvalue weighted by atomic mass is 32.2. The van der Waals surface area contributed by atoms with E-state index in [1.165, 1.54) is 11.2 Å². The van der Waals surface area contributed by atoms with Crippen LogP contribution in [0, 0.1) is 0 Å². The van der Waals surface area contributed by atoms with Crippen LogP contribution in [0.2, 0.25) is 0 Å². The Labute approximate surface area is 121 Å². The van der Waals surface area contributed by atoms with Gasteiger partial charge in [-0.1, -0.05) is 6.92 Å². The molecule has 0 aromatic rings. The van der Waals surface area contributed by atoms with Crippen LogP contribution in [0.15, 0.2) is 0 Å². The summed E-state index contributed by atoms with van der Waals surface area (Å²) in [4.78, 5) is 11.4. The summed E-state index contributed by atoms with van der Waals surface area (Å²) in [6.07, 6.45) is 0.510. The van der Waals surface area contributed by atoms with Crippen LogP contribution in [-0.2, 0) is 24.3 Å². The molecule has 7 nitrogen and oxygen atoms in total. The van der Waals surface area contributed by atoms with E-state index in [2.05, 4.69) is 0 Å². The lowest BCUT2D eigenvalue weighted by Gasteiger charge is -2.26. The van der Waals surface area contributed by atoms with Gasteiger partial charge in [0.15, 0.2) is 0 Å². The molecular formula is C12H26N2O5S. The maximum atomic E-state index is 11.6. The van der Waals surface area contributed by atoms with E-state index in [1.807, 2.05) is 13.8 Å². The van der Waals surface area contributed by atoms with Gasteiger partial charge in [0.1, 0.15) is 18.8 Å². The first-order valence-electron chi connectivity index (χ1n) is 6.60. The van der Waals surface area contributed by atoms with Gasteiger partial charge < -0.3 is 15.2 Å². The molecule has 0 aromatic heterocycles. The zero-order valence-corrected chi connectivity index (χ0v) is 13.6. The number of hydrogen-bond donors (Lipinski definition) is 1. The van der Waals surface area contributed by atoms with Gasteiger partial charge in [0.2, 0.25) is 10.0 Å². The molecule has 0 heterocycles. The SMILES string of the molecule is CCN(C[C@@H](COC(=O)[C@@H](C)N)OC(C)C)S(C)(=O)=O. The summed E-state index contributed by atoms with van der Waals surface area (Å²) in [6, 6.07) is -0.716. The summed E-state index contributed by atoms with van der Waals surface area (Å²) in [5.74, 6) is -0.537. The number of sulfonamides is 1. The van der Waals surface area contributed by atoms with E-state index >= 15 is 0 Å². The molecule has 0 saturated carbocycles. The summed E-state index contributed by atoms with van der Waals surface area (Å²) in [5, 5.41) is 0. The van der Waals surface area contributed by atoms with Crippen molar-refractivity contribution in [3.8, 4) is 0 Å². The first-order valence-corrected chi connectivity index (χ1v) is 8.45. The average Bonchev–Trinajstić information content (AvgIpc) is 2.29. The molecule has 0 spiro atoms. The number of rotatable bonds is 9. The number of nitrogens with two attached hydrogens (primary N) is 1. The second kappa shape index (κ2) is 8.56. The van der Waals surface area contributed by atoms with E-state index in [4.69, 9.17) is 15.2 Å². The Kier molecular flexibility index (Phi) is 8.26. The minimum Gasteiger partial charge on any atom is -0.462 e. The first-order chi connectivity index (χ1) is 9.07. The van der Waals surface area contributed by atoms with Crippen LogP contribution >= 0.6 is 0 Å². The normalized spacial score (nSPS) is 15.4. The number of hydrogen-bond acceptors (Lipinski definition) is 6. The van der Waals surface area contributed by atoms with Crippen LogP contribution in [0.1, 0.15) is 27.7 Å². The lowest BCUT2D eigenvalue weighted by Crippen LogP contribution is -2.42. The largest absolute Gasteiger partial charge is 0.462 e. The van der Waals surface area contributed by atoms with Crippen molar-refractivity contribution >= 4 is 16.0 Å². The number of carbonyl (C=O) groups is 1. The summed E-state index contributed by atoms with van der Waals surface area (Å²) in [5.41, 5.74) is 5.40. The van der Waals surface area contributed by atoms with E-state index in [1.54, 1.807) is 6.92 Å². The minimum absolute atomic E-state index is 0.0232. The van der Waals surface area contributed by atoms with Crippen LogP contribution in [-0.4, -0.2) is 62.9 Å². The predicted molar refractivity (Wildman–Crippen MR) is 76.7 cm³/mol. The Morgan fingerprint density at radius 1 is 1.30 bits per heavy atom. The molecule has 0 aliphatic rings. The molecule has 0 amide bonds. The van der Waals surface area contributed by atoms with Gasteiger partial charge in [-0.2, -0.15) is 4.31 Å². The Bertz CT molecular complexity index is 395. The van der Waals surface area contributed by atoms with Crippen LogP contribution in [0.4, 0.5) is 0 Å². The number of ether oxygens (including phenoxy) is 2. The van der Waals surface area contributed by atoms with E-state index in [0.717, 1.165) is 6.26 Å².